The van der Waals surface area contributed by atoms with Gasteiger partial charge in [-0.2, -0.15) is 13.2 Å². The number of nitrogens with one attached hydrogen (secondary N) is 2. The van der Waals surface area contributed by atoms with E-state index >= 15 is 0 Å². The quantitative estimate of drug-likeness (QED) is 0.450. The molecule has 0 aliphatic heterocycles. The molecule has 180 valence electrons. The molecule has 10 heteroatoms. The summed E-state index contributed by atoms with van der Waals surface area (Å²) in [5, 5.41) is 12.6. The maximum Gasteiger partial charge on any atom is 0.416 e. The van der Waals surface area contributed by atoms with Gasteiger partial charge in [-0.15, -0.1) is 0 Å². The third kappa shape index (κ3) is 6.15. The van der Waals surface area contributed by atoms with Gasteiger partial charge in [0.05, 0.1) is 16.6 Å². The SMILES string of the molecule is Cc1ccc(S(=O)(=O)Nc2ccc(C(=O)NCC(O)c3cccc(C(F)(F)F)c3)cc2)cc1C. The first-order chi connectivity index (χ1) is 15.9. The Hall–Kier alpha value is -3.37. The van der Waals surface area contributed by atoms with Gasteiger partial charge in [0.1, 0.15) is 0 Å². The van der Waals surface area contributed by atoms with E-state index in [0.29, 0.717) is 0 Å². The molecule has 0 bridgehead atoms. The monoisotopic (exact) mass is 492 g/mol. The van der Waals surface area contributed by atoms with Crippen LogP contribution in [0.3, 0.4) is 0 Å². The molecule has 0 aliphatic rings. The summed E-state index contributed by atoms with van der Waals surface area (Å²) in [6.07, 6.45) is -5.88. The maximum absolute atomic E-state index is 12.8. The van der Waals surface area contributed by atoms with Gasteiger partial charge in [-0.1, -0.05) is 18.2 Å². The maximum atomic E-state index is 12.8. The second kappa shape index (κ2) is 9.86. The van der Waals surface area contributed by atoms with Crippen LogP contribution in [0.4, 0.5) is 18.9 Å². The molecule has 1 atom stereocenters. The average Bonchev–Trinajstić information content (AvgIpc) is 2.78. The van der Waals surface area contributed by atoms with Crippen LogP contribution in [0.25, 0.3) is 0 Å². The standard InChI is InChI=1S/C24H23F3N2O4S/c1-15-6-11-21(12-16(15)2)34(32,33)29-20-9-7-17(8-10-20)23(31)28-14-22(30)18-4-3-5-19(13-18)24(25,26)27/h3-13,22,29-30H,14H2,1-2H3,(H,28,31). The predicted octanol–water partition coefficient (Wildman–Crippen LogP) is 4.59. The molecule has 3 aromatic rings. The summed E-state index contributed by atoms with van der Waals surface area (Å²) in [4.78, 5) is 12.5. The lowest BCUT2D eigenvalue weighted by molar-refractivity contribution is -0.137. The van der Waals surface area contributed by atoms with Crippen LogP contribution in [-0.2, 0) is 16.2 Å². The van der Waals surface area contributed by atoms with Crippen LogP contribution in [0.1, 0.15) is 38.7 Å². The van der Waals surface area contributed by atoms with Gasteiger partial charge in [0.2, 0.25) is 0 Å². The first kappa shape index (κ1) is 25.3. The number of hydrogen-bond donors (Lipinski definition) is 3. The number of aliphatic hydroxyl groups is 1. The van der Waals surface area contributed by atoms with Crippen molar-refractivity contribution >= 4 is 21.6 Å². The molecule has 3 N–H and O–H groups in total. The molecule has 3 rings (SSSR count). The van der Waals surface area contributed by atoms with Crippen molar-refractivity contribution in [2.75, 3.05) is 11.3 Å². The molecule has 0 saturated heterocycles. The van der Waals surface area contributed by atoms with E-state index in [1.807, 2.05) is 13.8 Å². The Morgan fingerprint density at radius 3 is 2.26 bits per heavy atom. The summed E-state index contributed by atoms with van der Waals surface area (Å²) in [5.41, 5.74) is 1.36. The lowest BCUT2D eigenvalue weighted by Gasteiger charge is -2.15. The van der Waals surface area contributed by atoms with E-state index in [0.717, 1.165) is 23.3 Å². The molecule has 0 aliphatic carbocycles. The Morgan fingerprint density at radius 1 is 0.971 bits per heavy atom. The van der Waals surface area contributed by atoms with Gasteiger partial charge in [-0.3, -0.25) is 9.52 Å². The van der Waals surface area contributed by atoms with E-state index in [-0.39, 0.29) is 28.3 Å². The lowest BCUT2D eigenvalue weighted by atomic mass is 10.1. The van der Waals surface area contributed by atoms with E-state index in [1.54, 1.807) is 12.1 Å². The summed E-state index contributed by atoms with van der Waals surface area (Å²) < 4.78 is 66.1. The fraction of sp³-hybridized carbons (Fsp3) is 0.208. The van der Waals surface area contributed by atoms with Crippen molar-refractivity contribution in [1.82, 2.24) is 5.32 Å². The van der Waals surface area contributed by atoms with E-state index in [9.17, 15) is 31.5 Å². The molecular formula is C24H23F3N2O4S. The Balaban J connectivity index is 1.62. The van der Waals surface area contributed by atoms with Crippen molar-refractivity contribution < 1.29 is 31.5 Å². The summed E-state index contributed by atoms with van der Waals surface area (Å²) in [6, 6.07) is 14.6. The number of benzene rings is 3. The van der Waals surface area contributed by atoms with Crippen molar-refractivity contribution in [3.63, 3.8) is 0 Å². The Labute approximate surface area is 195 Å². The van der Waals surface area contributed by atoms with Gasteiger partial charge >= 0.3 is 6.18 Å². The first-order valence-electron chi connectivity index (χ1n) is 10.2. The fourth-order valence-electron chi connectivity index (χ4n) is 3.12. The van der Waals surface area contributed by atoms with Crippen LogP contribution in [0.5, 0.6) is 0 Å². The zero-order chi connectivity index (χ0) is 25.1. The summed E-state index contributed by atoms with van der Waals surface area (Å²) >= 11 is 0. The van der Waals surface area contributed by atoms with Crippen molar-refractivity contribution in [2.45, 2.75) is 31.0 Å². The zero-order valence-electron chi connectivity index (χ0n) is 18.3. The Bertz CT molecular complexity index is 1290. The van der Waals surface area contributed by atoms with Crippen molar-refractivity contribution in [2.24, 2.45) is 0 Å². The number of aliphatic hydroxyl groups excluding tert-OH is 1. The van der Waals surface area contributed by atoms with Gasteiger partial charge in [-0.25, -0.2) is 8.42 Å². The van der Waals surface area contributed by atoms with E-state index in [2.05, 4.69) is 10.0 Å². The van der Waals surface area contributed by atoms with E-state index in [4.69, 9.17) is 0 Å². The third-order valence-electron chi connectivity index (χ3n) is 5.24. The summed E-state index contributed by atoms with van der Waals surface area (Å²) in [6.45, 7) is 3.38. The number of carbonyl (C=O) groups excluding carboxylic acids is 1. The van der Waals surface area contributed by atoms with Crippen LogP contribution < -0.4 is 10.0 Å². The van der Waals surface area contributed by atoms with Crippen LogP contribution in [0.2, 0.25) is 0 Å². The molecule has 3 aromatic carbocycles. The normalized spacial score (nSPS) is 12.8. The van der Waals surface area contributed by atoms with Crippen LogP contribution in [-0.4, -0.2) is 26.0 Å². The molecule has 0 saturated carbocycles. The van der Waals surface area contributed by atoms with E-state index < -0.39 is 33.8 Å². The number of sulfonamides is 1. The third-order valence-corrected chi connectivity index (χ3v) is 6.62. The van der Waals surface area contributed by atoms with E-state index in [1.165, 1.54) is 42.5 Å². The molecule has 1 unspecified atom stereocenters. The molecule has 0 fully saturated rings. The number of rotatable bonds is 7. The van der Waals surface area contributed by atoms with Crippen LogP contribution in [0.15, 0.2) is 71.6 Å². The molecule has 34 heavy (non-hydrogen) atoms. The minimum absolute atomic E-state index is 0.0196. The van der Waals surface area contributed by atoms with Crippen LogP contribution in [0, 0.1) is 13.8 Å². The van der Waals surface area contributed by atoms with Crippen LogP contribution >= 0.6 is 0 Å². The first-order valence-corrected chi connectivity index (χ1v) is 11.7. The number of amides is 1. The summed E-state index contributed by atoms with van der Waals surface area (Å²) in [5.74, 6) is -0.574. The predicted molar refractivity (Wildman–Crippen MR) is 122 cm³/mol. The number of alkyl halides is 3. The summed E-state index contributed by atoms with van der Waals surface area (Å²) in [7, 11) is -3.82. The van der Waals surface area contributed by atoms with Crippen molar-refractivity contribution in [3.05, 3.63) is 94.5 Å². The molecule has 0 spiro atoms. The van der Waals surface area contributed by atoms with Gasteiger partial charge in [0.15, 0.2) is 0 Å². The highest BCUT2D eigenvalue weighted by molar-refractivity contribution is 7.92. The second-order valence-electron chi connectivity index (χ2n) is 7.78. The topological polar surface area (TPSA) is 95.5 Å². The minimum atomic E-state index is -4.54. The zero-order valence-corrected chi connectivity index (χ0v) is 19.2. The molecule has 1 amide bonds. The molecule has 0 aromatic heterocycles. The molecular weight excluding hydrogens is 469 g/mol. The lowest BCUT2D eigenvalue weighted by Crippen LogP contribution is -2.28. The smallest absolute Gasteiger partial charge is 0.387 e. The van der Waals surface area contributed by atoms with Gasteiger partial charge in [0, 0.05) is 17.8 Å². The van der Waals surface area contributed by atoms with Gasteiger partial charge in [0.25, 0.3) is 15.9 Å². The number of halogens is 3. The number of anilines is 1. The highest BCUT2D eigenvalue weighted by atomic mass is 32.2. The highest BCUT2D eigenvalue weighted by Crippen LogP contribution is 2.30. The molecule has 6 nitrogen and oxygen atoms in total. The average molecular weight is 493 g/mol. The number of carbonyl (C=O) groups is 1. The number of aryl methyl sites for hydroxylation is 2. The molecule has 0 heterocycles. The molecule has 0 radical (unpaired) electrons. The fourth-order valence-corrected chi connectivity index (χ4v) is 4.26. The Morgan fingerprint density at radius 2 is 1.65 bits per heavy atom. The van der Waals surface area contributed by atoms with Gasteiger partial charge in [-0.05, 0) is 79.1 Å². The Kier molecular flexibility index (Phi) is 7.32. The second-order valence-corrected chi connectivity index (χ2v) is 9.46. The van der Waals surface area contributed by atoms with Crippen molar-refractivity contribution in [1.29, 1.82) is 0 Å². The largest absolute Gasteiger partial charge is 0.416 e. The minimum Gasteiger partial charge on any atom is -0.387 e. The number of hydrogen-bond acceptors (Lipinski definition) is 4. The van der Waals surface area contributed by atoms with Crippen molar-refractivity contribution in [3.8, 4) is 0 Å². The highest BCUT2D eigenvalue weighted by Gasteiger charge is 2.30. The van der Waals surface area contributed by atoms with Gasteiger partial charge < -0.3 is 10.4 Å².